The van der Waals surface area contributed by atoms with Crippen molar-refractivity contribution in [2.75, 3.05) is 6.61 Å². The Hall–Kier alpha value is -1.61. The maximum Gasteiger partial charge on any atom is 0.251 e. The quantitative estimate of drug-likeness (QED) is 0.716. The zero-order valence-electron chi connectivity index (χ0n) is 12.4. The Morgan fingerprint density at radius 3 is 2.60 bits per heavy atom. The van der Waals surface area contributed by atoms with Gasteiger partial charge in [-0.3, -0.25) is 4.79 Å². The van der Waals surface area contributed by atoms with Crippen LogP contribution >= 0.6 is 0 Å². The summed E-state index contributed by atoms with van der Waals surface area (Å²) in [7, 11) is 0. The van der Waals surface area contributed by atoms with Crippen LogP contribution in [0, 0.1) is 5.92 Å². The van der Waals surface area contributed by atoms with Crippen molar-refractivity contribution in [1.82, 2.24) is 5.32 Å². The third-order valence-corrected chi connectivity index (χ3v) is 3.23. The van der Waals surface area contributed by atoms with E-state index in [2.05, 4.69) is 12.2 Å². The summed E-state index contributed by atoms with van der Waals surface area (Å²) in [6.07, 6.45) is 7.19. The maximum atomic E-state index is 11.9. The van der Waals surface area contributed by atoms with Crippen LogP contribution in [0.5, 0.6) is 0 Å². The Balaban J connectivity index is 2.46. The van der Waals surface area contributed by atoms with Crippen LogP contribution in [0.1, 0.15) is 43.5 Å². The van der Waals surface area contributed by atoms with Crippen molar-refractivity contribution in [3.63, 3.8) is 0 Å². The van der Waals surface area contributed by atoms with Crippen LogP contribution in [0.15, 0.2) is 42.5 Å². The third kappa shape index (κ3) is 6.02. The van der Waals surface area contributed by atoms with Gasteiger partial charge in [-0.25, -0.2) is 0 Å². The molecule has 0 fully saturated rings. The van der Waals surface area contributed by atoms with Crippen molar-refractivity contribution in [3.8, 4) is 0 Å². The van der Waals surface area contributed by atoms with E-state index in [1.807, 2.05) is 37.3 Å². The fraction of sp³-hybridized carbons (Fsp3) is 0.471. The molecule has 0 bridgehead atoms. The van der Waals surface area contributed by atoms with Crippen molar-refractivity contribution in [2.24, 2.45) is 5.92 Å². The summed E-state index contributed by atoms with van der Waals surface area (Å²) >= 11 is 0. The molecule has 0 unspecified atom stereocenters. The zero-order valence-corrected chi connectivity index (χ0v) is 12.4. The summed E-state index contributed by atoms with van der Waals surface area (Å²) in [6, 6.07) is 9.13. The first kappa shape index (κ1) is 16.4. The molecule has 0 saturated carbocycles. The van der Waals surface area contributed by atoms with Gasteiger partial charge < -0.3 is 10.4 Å². The summed E-state index contributed by atoms with van der Waals surface area (Å²) in [4.78, 5) is 11.9. The van der Waals surface area contributed by atoms with E-state index in [4.69, 9.17) is 0 Å². The smallest absolute Gasteiger partial charge is 0.251 e. The summed E-state index contributed by atoms with van der Waals surface area (Å²) in [5.41, 5.74) is 0.664. The largest absolute Gasteiger partial charge is 0.396 e. The third-order valence-electron chi connectivity index (χ3n) is 3.23. The van der Waals surface area contributed by atoms with Crippen molar-refractivity contribution in [2.45, 2.75) is 39.2 Å². The van der Waals surface area contributed by atoms with Crippen LogP contribution in [0.2, 0.25) is 0 Å². The molecule has 0 spiro atoms. The molecule has 0 aliphatic carbocycles. The lowest BCUT2D eigenvalue weighted by Crippen LogP contribution is -2.31. The molecule has 20 heavy (non-hydrogen) atoms. The van der Waals surface area contributed by atoms with E-state index in [-0.39, 0.29) is 24.5 Å². The molecule has 2 atom stereocenters. The molecular weight excluding hydrogens is 250 g/mol. The van der Waals surface area contributed by atoms with E-state index in [1.165, 1.54) is 0 Å². The molecule has 0 aliphatic rings. The molecule has 3 nitrogen and oxygen atoms in total. The first-order valence-electron chi connectivity index (χ1n) is 7.32. The van der Waals surface area contributed by atoms with Crippen molar-refractivity contribution < 1.29 is 9.90 Å². The molecule has 2 N–H and O–H groups in total. The number of carbonyl (C=O) groups excluding carboxylic acids is 1. The monoisotopic (exact) mass is 275 g/mol. The number of unbranched alkanes of at least 4 members (excludes halogenated alkanes) is 1. The van der Waals surface area contributed by atoms with Crippen molar-refractivity contribution in [1.29, 1.82) is 0 Å². The summed E-state index contributed by atoms with van der Waals surface area (Å²) in [5, 5.41) is 12.2. The molecule has 1 aromatic carbocycles. The van der Waals surface area contributed by atoms with E-state index in [9.17, 15) is 9.90 Å². The second kappa shape index (κ2) is 9.32. The van der Waals surface area contributed by atoms with Gasteiger partial charge in [-0.15, -0.1) is 0 Å². The molecule has 0 saturated heterocycles. The molecule has 0 aromatic heterocycles. The van der Waals surface area contributed by atoms with Crippen LogP contribution in [0.4, 0.5) is 0 Å². The molecule has 3 heteroatoms. The van der Waals surface area contributed by atoms with Gasteiger partial charge in [-0.2, -0.15) is 0 Å². The lowest BCUT2D eigenvalue weighted by atomic mass is 10.0. The molecule has 0 heterocycles. The molecule has 0 radical (unpaired) electrons. The Labute approximate surface area is 121 Å². The molecular formula is C17H25NO2. The average molecular weight is 275 g/mol. The molecule has 110 valence electrons. The predicted octanol–water partition coefficient (Wildman–Crippen LogP) is 3.16. The minimum Gasteiger partial charge on any atom is -0.396 e. The van der Waals surface area contributed by atoms with Gasteiger partial charge in [0.15, 0.2) is 0 Å². The van der Waals surface area contributed by atoms with E-state index >= 15 is 0 Å². The van der Waals surface area contributed by atoms with Gasteiger partial charge in [0.1, 0.15) is 0 Å². The van der Waals surface area contributed by atoms with Gasteiger partial charge in [-0.05, 0) is 31.4 Å². The van der Waals surface area contributed by atoms with Gasteiger partial charge in [0.25, 0.3) is 5.91 Å². The van der Waals surface area contributed by atoms with Crippen molar-refractivity contribution in [3.05, 3.63) is 48.0 Å². The SMILES string of the molecule is CCCC[C@@H](/C=C/[C@@H](C)NC(=O)c1ccccc1)CO. The summed E-state index contributed by atoms with van der Waals surface area (Å²) in [6.45, 7) is 4.24. The number of hydrogen-bond donors (Lipinski definition) is 2. The summed E-state index contributed by atoms with van der Waals surface area (Å²) in [5.74, 6) is 0.114. The van der Waals surface area contributed by atoms with Crippen LogP contribution in [0.25, 0.3) is 0 Å². The van der Waals surface area contributed by atoms with Gasteiger partial charge >= 0.3 is 0 Å². The predicted molar refractivity (Wildman–Crippen MR) is 82.6 cm³/mol. The summed E-state index contributed by atoms with van der Waals surface area (Å²) < 4.78 is 0. The Morgan fingerprint density at radius 2 is 2.00 bits per heavy atom. The average Bonchev–Trinajstić information content (AvgIpc) is 2.48. The lowest BCUT2D eigenvalue weighted by Gasteiger charge is -2.12. The molecule has 1 rings (SSSR count). The van der Waals surface area contributed by atoms with E-state index in [0.717, 1.165) is 19.3 Å². The fourth-order valence-electron chi connectivity index (χ4n) is 1.97. The first-order valence-corrected chi connectivity index (χ1v) is 7.32. The first-order chi connectivity index (χ1) is 9.67. The standard InChI is InChI=1S/C17H25NO2/c1-3-4-8-15(13-19)12-11-14(2)18-17(20)16-9-6-5-7-10-16/h5-7,9-12,14-15,19H,3-4,8,13H2,1-2H3,(H,18,20)/b12-11+/t14-,15+/m1/s1. The highest BCUT2D eigenvalue weighted by Gasteiger charge is 2.08. The zero-order chi connectivity index (χ0) is 14.8. The molecule has 1 amide bonds. The Morgan fingerprint density at radius 1 is 1.30 bits per heavy atom. The fourth-order valence-corrected chi connectivity index (χ4v) is 1.97. The highest BCUT2D eigenvalue weighted by molar-refractivity contribution is 5.94. The van der Waals surface area contributed by atoms with Crippen LogP contribution in [-0.4, -0.2) is 23.7 Å². The van der Waals surface area contributed by atoms with Crippen LogP contribution in [0.3, 0.4) is 0 Å². The van der Waals surface area contributed by atoms with Crippen LogP contribution < -0.4 is 5.32 Å². The van der Waals surface area contributed by atoms with E-state index in [1.54, 1.807) is 12.1 Å². The van der Waals surface area contributed by atoms with E-state index in [0.29, 0.717) is 5.56 Å². The van der Waals surface area contributed by atoms with Crippen molar-refractivity contribution >= 4 is 5.91 Å². The number of amides is 1. The molecule has 1 aromatic rings. The number of benzene rings is 1. The second-order valence-electron chi connectivity index (χ2n) is 5.10. The van der Waals surface area contributed by atoms with Gasteiger partial charge in [-0.1, -0.05) is 50.1 Å². The lowest BCUT2D eigenvalue weighted by molar-refractivity contribution is 0.0947. The molecule has 0 aliphatic heterocycles. The minimum atomic E-state index is -0.0724. The highest BCUT2D eigenvalue weighted by Crippen LogP contribution is 2.10. The maximum absolute atomic E-state index is 11.9. The number of nitrogens with one attached hydrogen (secondary N) is 1. The minimum absolute atomic E-state index is 0.0432. The van der Waals surface area contributed by atoms with Gasteiger partial charge in [0, 0.05) is 18.2 Å². The second-order valence-corrected chi connectivity index (χ2v) is 5.10. The number of carbonyl (C=O) groups is 1. The number of aliphatic hydroxyl groups excluding tert-OH is 1. The van der Waals surface area contributed by atoms with Crippen LogP contribution in [-0.2, 0) is 0 Å². The number of hydrogen-bond acceptors (Lipinski definition) is 2. The normalized spacial score (nSPS) is 14.2. The van der Waals surface area contributed by atoms with Gasteiger partial charge in [0.2, 0.25) is 0 Å². The Bertz CT molecular complexity index is 414. The number of aliphatic hydroxyl groups is 1. The number of rotatable bonds is 8. The topological polar surface area (TPSA) is 49.3 Å². The van der Waals surface area contributed by atoms with E-state index < -0.39 is 0 Å². The Kier molecular flexibility index (Phi) is 7.66. The highest BCUT2D eigenvalue weighted by atomic mass is 16.3. The van der Waals surface area contributed by atoms with Gasteiger partial charge in [0.05, 0.1) is 0 Å².